The van der Waals surface area contributed by atoms with E-state index in [1.807, 2.05) is 4.57 Å². The molecular formula is C24H24F3N7O2S. The number of pyridine rings is 1. The fourth-order valence-electron chi connectivity index (χ4n) is 4.90. The van der Waals surface area contributed by atoms with E-state index in [0.717, 1.165) is 31.7 Å². The summed E-state index contributed by atoms with van der Waals surface area (Å²) >= 11 is 0. The van der Waals surface area contributed by atoms with Crippen LogP contribution in [0.1, 0.15) is 61.9 Å². The average Bonchev–Trinajstić information content (AvgIpc) is 3.39. The Morgan fingerprint density at radius 1 is 0.973 bits per heavy atom. The van der Waals surface area contributed by atoms with Gasteiger partial charge in [-0.2, -0.15) is 18.3 Å². The molecule has 0 radical (unpaired) electrons. The zero-order valence-electron chi connectivity index (χ0n) is 19.6. The van der Waals surface area contributed by atoms with Crippen LogP contribution in [0.2, 0.25) is 0 Å². The Hall–Kier alpha value is -3.32. The predicted molar refractivity (Wildman–Crippen MR) is 127 cm³/mol. The molecule has 0 amide bonds. The topological polar surface area (TPSA) is 107 Å². The molecule has 2 saturated carbocycles. The van der Waals surface area contributed by atoms with Crippen molar-refractivity contribution in [2.75, 3.05) is 0 Å². The van der Waals surface area contributed by atoms with E-state index in [1.54, 1.807) is 31.0 Å². The number of nitrogens with zero attached hydrogens (tertiary/aromatic N) is 6. The van der Waals surface area contributed by atoms with Gasteiger partial charge in [-0.25, -0.2) is 22.6 Å². The summed E-state index contributed by atoms with van der Waals surface area (Å²) in [4.78, 5) is 4.04. The monoisotopic (exact) mass is 531 g/mol. The molecule has 3 heterocycles. The van der Waals surface area contributed by atoms with E-state index in [1.165, 1.54) is 10.6 Å². The Morgan fingerprint density at radius 3 is 2.49 bits per heavy atom. The summed E-state index contributed by atoms with van der Waals surface area (Å²) in [6, 6.07) is 5.82. The van der Waals surface area contributed by atoms with E-state index in [9.17, 15) is 21.6 Å². The number of nitrogens with one attached hydrogen (secondary N) is 1. The lowest BCUT2D eigenvalue weighted by atomic mass is 9.91. The second-order valence-electron chi connectivity index (χ2n) is 9.76. The van der Waals surface area contributed by atoms with Gasteiger partial charge in [0.05, 0.1) is 10.5 Å². The van der Waals surface area contributed by atoms with Crippen LogP contribution in [-0.2, 0) is 16.2 Å². The van der Waals surface area contributed by atoms with Crippen LogP contribution in [0.15, 0.2) is 54.1 Å². The highest BCUT2D eigenvalue weighted by molar-refractivity contribution is 7.89. The highest BCUT2D eigenvalue weighted by Gasteiger charge is 2.34. The number of halogens is 3. The Morgan fingerprint density at radius 2 is 1.76 bits per heavy atom. The molecule has 13 heteroatoms. The van der Waals surface area contributed by atoms with Gasteiger partial charge in [0.1, 0.15) is 12.7 Å². The molecule has 1 aromatic carbocycles. The van der Waals surface area contributed by atoms with Crippen molar-refractivity contribution in [3.05, 3.63) is 60.6 Å². The van der Waals surface area contributed by atoms with Crippen LogP contribution in [-0.4, -0.2) is 43.8 Å². The van der Waals surface area contributed by atoms with E-state index in [0.29, 0.717) is 41.9 Å². The van der Waals surface area contributed by atoms with Gasteiger partial charge in [0.15, 0.2) is 11.5 Å². The summed E-state index contributed by atoms with van der Waals surface area (Å²) in [5.41, 5.74) is 0.0973. The van der Waals surface area contributed by atoms with Crippen LogP contribution in [0.3, 0.4) is 0 Å². The Balaban J connectivity index is 1.33. The number of sulfonamides is 1. The molecule has 6 rings (SSSR count). The van der Waals surface area contributed by atoms with Crippen molar-refractivity contribution >= 4 is 15.7 Å². The third kappa shape index (κ3) is 4.97. The lowest BCUT2D eigenvalue weighted by Gasteiger charge is -2.30. The van der Waals surface area contributed by atoms with Crippen molar-refractivity contribution in [3.63, 3.8) is 0 Å². The average molecular weight is 532 g/mol. The Labute approximate surface area is 210 Å². The molecule has 0 bridgehead atoms. The van der Waals surface area contributed by atoms with Crippen molar-refractivity contribution in [2.45, 2.75) is 67.6 Å². The molecule has 4 aromatic rings. The number of benzene rings is 1. The van der Waals surface area contributed by atoms with Crippen LogP contribution < -0.4 is 4.72 Å². The molecule has 2 fully saturated rings. The van der Waals surface area contributed by atoms with Gasteiger partial charge in [-0.05, 0) is 74.4 Å². The number of alkyl halides is 3. The zero-order chi connectivity index (χ0) is 25.8. The number of aromatic nitrogens is 6. The number of hydrogen-bond acceptors (Lipinski definition) is 6. The molecule has 194 valence electrons. The quantitative estimate of drug-likeness (QED) is 0.397. The summed E-state index contributed by atoms with van der Waals surface area (Å²) in [6.45, 7) is 0. The second-order valence-corrected chi connectivity index (χ2v) is 11.5. The van der Waals surface area contributed by atoms with Gasteiger partial charge >= 0.3 is 6.18 Å². The highest BCUT2D eigenvalue weighted by Crippen LogP contribution is 2.39. The van der Waals surface area contributed by atoms with Crippen molar-refractivity contribution in [1.29, 1.82) is 0 Å². The molecule has 3 aromatic heterocycles. The summed E-state index contributed by atoms with van der Waals surface area (Å²) in [7, 11) is -4.23. The van der Waals surface area contributed by atoms with Crippen LogP contribution in [0.25, 0.3) is 16.8 Å². The fourth-order valence-corrected chi connectivity index (χ4v) is 6.25. The summed E-state index contributed by atoms with van der Waals surface area (Å²) in [6.07, 6.45) is 4.77. The normalized spacial score (nSPS) is 20.9. The first-order valence-corrected chi connectivity index (χ1v) is 13.6. The fraction of sp³-hybridized carbons (Fsp3) is 0.417. The molecule has 1 N–H and O–H groups in total. The third-order valence-corrected chi connectivity index (χ3v) is 8.49. The van der Waals surface area contributed by atoms with Crippen molar-refractivity contribution < 1.29 is 21.6 Å². The summed E-state index contributed by atoms with van der Waals surface area (Å²) in [5.74, 6) is 1.04. The zero-order valence-corrected chi connectivity index (χ0v) is 20.5. The molecule has 2 aliphatic rings. The standard InChI is InChI=1S/C24H24F3N7O2S/c25-24(26,27)18-8-17(16-6-7-22-30-23(15-4-5-15)31-34(22)12-16)9-21(10-18)37(35,36)32-19-2-1-3-20(11-19)33-13-28-29-14-33/h6-10,12-15,19-20,32H,1-5,11H2. The first-order valence-electron chi connectivity index (χ1n) is 12.1. The largest absolute Gasteiger partial charge is 0.416 e. The van der Waals surface area contributed by atoms with Gasteiger partial charge in [-0.1, -0.05) is 0 Å². The maximum atomic E-state index is 13.8. The van der Waals surface area contributed by atoms with Crippen LogP contribution in [0, 0.1) is 0 Å². The number of fused-ring (bicyclic) bond motifs is 1. The van der Waals surface area contributed by atoms with Gasteiger partial charge in [0.25, 0.3) is 0 Å². The van der Waals surface area contributed by atoms with E-state index in [4.69, 9.17) is 0 Å². The van der Waals surface area contributed by atoms with Gasteiger partial charge in [0.2, 0.25) is 10.0 Å². The maximum absolute atomic E-state index is 13.8. The second kappa shape index (κ2) is 8.91. The minimum Gasteiger partial charge on any atom is -0.317 e. The van der Waals surface area contributed by atoms with E-state index in [-0.39, 0.29) is 11.6 Å². The molecule has 0 aliphatic heterocycles. The van der Waals surface area contributed by atoms with E-state index in [2.05, 4.69) is 25.0 Å². The lowest BCUT2D eigenvalue weighted by Crippen LogP contribution is -2.38. The number of rotatable bonds is 6. The van der Waals surface area contributed by atoms with Crippen molar-refractivity contribution in [1.82, 2.24) is 34.1 Å². The molecule has 2 atom stereocenters. The lowest BCUT2D eigenvalue weighted by molar-refractivity contribution is -0.137. The van der Waals surface area contributed by atoms with Crippen LogP contribution in [0.4, 0.5) is 13.2 Å². The van der Waals surface area contributed by atoms with Crippen molar-refractivity contribution in [2.24, 2.45) is 0 Å². The molecule has 9 nitrogen and oxygen atoms in total. The van der Waals surface area contributed by atoms with Crippen LogP contribution >= 0.6 is 0 Å². The van der Waals surface area contributed by atoms with Crippen LogP contribution in [0.5, 0.6) is 0 Å². The summed E-state index contributed by atoms with van der Waals surface area (Å²) < 4.78 is 74.1. The predicted octanol–water partition coefficient (Wildman–Crippen LogP) is 4.35. The third-order valence-electron chi connectivity index (χ3n) is 6.99. The van der Waals surface area contributed by atoms with Crippen molar-refractivity contribution in [3.8, 4) is 11.1 Å². The smallest absolute Gasteiger partial charge is 0.317 e. The maximum Gasteiger partial charge on any atom is 0.416 e. The van der Waals surface area contributed by atoms with Gasteiger partial charge < -0.3 is 4.57 Å². The van der Waals surface area contributed by atoms with Gasteiger partial charge in [-0.3, -0.25) is 0 Å². The first kappa shape index (κ1) is 24.0. The Bertz CT molecular complexity index is 1550. The van der Waals surface area contributed by atoms with E-state index >= 15 is 0 Å². The molecular weight excluding hydrogens is 507 g/mol. The van der Waals surface area contributed by atoms with E-state index < -0.39 is 32.7 Å². The Kier molecular flexibility index (Phi) is 5.79. The molecule has 2 aliphatic carbocycles. The van der Waals surface area contributed by atoms with Gasteiger partial charge in [0, 0.05) is 29.8 Å². The highest BCUT2D eigenvalue weighted by atomic mass is 32.2. The number of hydrogen-bond donors (Lipinski definition) is 1. The molecule has 2 unspecified atom stereocenters. The minimum atomic E-state index is -4.72. The van der Waals surface area contributed by atoms with Gasteiger partial charge in [-0.15, -0.1) is 10.2 Å². The molecule has 37 heavy (non-hydrogen) atoms. The first-order chi connectivity index (χ1) is 17.7. The SMILES string of the molecule is O=S(=O)(NC1CCCC(n2cnnc2)C1)c1cc(-c2ccc3nc(C4CC4)nn3c2)cc(C(F)(F)F)c1. The molecule has 0 spiro atoms. The minimum absolute atomic E-state index is 0.0171. The molecule has 0 saturated heterocycles. The summed E-state index contributed by atoms with van der Waals surface area (Å²) in [5, 5.41) is 12.1.